The van der Waals surface area contributed by atoms with Gasteiger partial charge in [0.2, 0.25) is 0 Å². The first-order valence-electron chi connectivity index (χ1n) is 13.3. The number of esters is 1. The smallest absolute Gasteiger partial charge is 0.459 e. The van der Waals surface area contributed by atoms with Gasteiger partial charge in [-0.25, -0.2) is 13.8 Å². The topological polar surface area (TPSA) is 158 Å². The first-order valence-corrected chi connectivity index (χ1v) is 14.8. The maximum atomic E-state index is 13.9. The Bertz CT molecular complexity index is 1560. The van der Waals surface area contributed by atoms with E-state index in [0.29, 0.717) is 11.1 Å². The monoisotopic (exact) mass is 605 g/mol. The van der Waals surface area contributed by atoms with Gasteiger partial charge in [0.15, 0.2) is 0 Å². The number of carbonyl (C=O) groups excluding carboxylic acids is 1. The van der Waals surface area contributed by atoms with Crippen LogP contribution in [-0.4, -0.2) is 51.6 Å². The lowest BCUT2D eigenvalue weighted by Gasteiger charge is -2.25. The molecule has 2 heterocycles. The summed E-state index contributed by atoms with van der Waals surface area (Å²) in [7, 11) is -4.31. The van der Waals surface area contributed by atoms with Crippen molar-refractivity contribution in [2.24, 2.45) is 5.92 Å². The summed E-state index contributed by atoms with van der Waals surface area (Å²) in [6.45, 7) is 5.96. The Morgan fingerprint density at radius 3 is 2.50 bits per heavy atom. The van der Waals surface area contributed by atoms with Gasteiger partial charge in [-0.15, -0.1) is 0 Å². The van der Waals surface area contributed by atoms with Gasteiger partial charge in [-0.1, -0.05) is 31.2 Å². The summed E-state index contributed by atoms with van der Waals surface area (Å²) in [5, 5.41) is 13.4. The quantitative estimate of drug-likeness (QED) is 0.219. The van der Waals surface area contributed by atoms with Gasteiger partial charge in [0.25, 0.3) is 5.56 Å². The summed E-state index contributed by atoms with van der Waals surface area (Å²) in [6, 6.07) is 12.4. The molecule has 3 N–H and O–H groups in total. The zero-order chi connectivity index (χ0) is 30.6. The molecule has 3 aromatic rings. The van der Waals surface area contributed by atoms with Gasteiger partial charge >= 0.3 is 19.4 Å². The number of hydrogen-bond acceptors (Lipinski definition) is 9. The number of nitrogens with zero attached hydrogens (tertiary/aromatic N) is 1. The largest absolute Gasteiger partial charge is 0.462 e. The number of halogens is 1. The molecule has 1 saturated heterocycles. The number of aromatic nitrogens is 2. The lowest BCUT2D eigenvalue weighted by atomic mass is 10.0. The lowest BCUT2D eigenvalue weighted by molar-refractivity contribution is -0.149. The molecular formula is C28H33FN3O9P. The van der Waals surface area contributed by atoms with Gasteiger partial charge in [0.05, 0.1) is 18.8 Å². The summed E-state index contributed by atoms with van der Waals surface area (Å²) in [6.07, 6.45) is -2.30. The number of H-pyrrole nitrogens is 1. The highest BCUT2D eigenvalue weighted by molar-refractivity contribution is 7.52. The Hall–Kier alpha value is -3.61. The van der Waals surface area contributed by atoms with E-state index in [9.17, 15) is 28.4 Å². The van der Waals surface area contributed by atoms with E-state index < -0.39 is 73.9 Å². The molecule has 2 aromatic carbocycles. The van der Waals surface area contributed by atoms with E-state index >= 15 is 0 Å². The number of aromatic amines is 1. The molecule has 1 aromatic heterocycles. The molecule has 12 nitrogen and oxygen atoms in total. The molecule has 6 atom stereocenters. The van der Waals surface area contributed by atoms with E-state index in [1.807, 2.05) is 0 Å². The number of aliphatic hydroxyl groups is 1. The summed E-state index contributed by atoms with van der Waals surface area (Å²) in [5.74, 6) is -1.57. The third kappa shape index (κ3) is 7.61. The van der Waals surface area contributed by atoms with Crippen LogP contribution in [0.15, 0.2) is 70.4 Å². The number of rotatable bonds is 11. The van der Waals surface area contributed by atoms with Gasteiger partial charge in [0, 0.05) is 18.2 Å². The summed E-state index contributed by atoms with van der Waals surface area (Å²) in [5.41, 5.74) is 0.00443. The van der Waals surface area contributed by atoms with E-state index in [2.05, 4.69) is 10.1 Å². The Morgan fingerprint density at radius 2 is 1.86 bits per heavy atom. The van der Waals surface area contributed by atoms with Crippen molar-refractivity contribution in [2.45, 2.75) is 58.3 Å². The van der Waals surface area contributed by atoms with Gasteiger partial charge in [-0.2, -0.15) is 5.09 Å². The van der Waals surface area contributed by atoms with Crippen molar-refractivity contribution in [2.75, 3.05) is 6.61 Å². The van der Waals surface area contributed by atoms with Crippen molar-refractivity contribution in [3.63, 3.8) is 0 Å². The van der Waals surface area contributed by atoms with Crippen LogP contribution in [0.3, 0.4) is 0 Å². The van der Waals surface area contributed by atoms with E-state index in [1.54, 1.807) is 45.0 Å². The highest BCUT2D eigenvalue weighted by atomic mass is 31.2. The van der Waals surface area contributed by atoms with Gasteiger partial charge in [0.1, 0.15) is 29.9 Å². The van der Waals surface area contributed by atoms with Crippen molar-refractivity contribution >= 4 is 13.7 Å². The second kappa shape index (κ2) is 13.1. The Morgan fingerprint density at radius 1 is 1.14 bits per heavy atom. The average molecular weight is 606 g/mol. The van der Waals surface area contributed by atoms with Crippen LogP contribution in [-0.2, 0) is 23.4 Å². The molecule has 0 aliphatic carbocycles. The van der Waals surface area contributed by atoms with Gasteiger partial charge in [-0.3, -0.25) is 23.7 Å². The Kier molecular flexibility index (Phi) is 9.80. The second-order valence-electron chi connectivity index (χ2n) is 10.2. The maximum Gasteiger partial charge on any atom is 0.459 e. The van der Waals surface area contributed by atoms with Crippen molar-refractivity contribution in [1.29, 1.82) is 0 Å². The first-order chi connectivity index (χ1) is 19.8. The number of carbonyl (C=O) groups is 1. The fraction of sp³-hybridized carbons (Fsp3) is 0.393. The molecule has 4 rings (SSSR count). The third-order valence-electron chi connectivity index (χ3n) is 6.51. The van der Waals surface area contributed by atoms with Crippen molar-refractivity contribution in [3.8, 4) is 16.9 Å². The lowest BCUT2D eigenvalue weighted by Crippen LogP contribution is -2.37. The number of ether oxygens (including phenoxy) is 2. The van der Waals surface area contributed by atoms with Crippen molar-refractivity contribution in [3.05, 3.63) is 87.4 Å². The van der Waals surface area contributed by atoms with E-state index in [1.165, 1.54) is 37.4 Å². The van der Waals surface area contributed by atoms with Crippen LogP contribution in [0.1, 0.15) is 33.9 Å². The Labute approximate surface area is 241 Å². The molecule has 0 spiro atoms. The van der Waals surface area contributed by atoms with Crippen LogP contribution in [0, 0.1) is 11.7 Å². The molecule has 0 bridgehead atoms. The van der Waals surface area contributed by atoms with Crippen LogP contribution in [0.25, 0.3) is 11.1 Å². The number of benzene rings is 2. The highest BCUT2D eigenvalue weighted by Crippen LogP contribution is 2.46. The molecule has 1 aliphatic heterocycles. The van der Waals surface area contributed by atoms with Crippen LogP contribution in [0.4, 0.5) is 4.39 Å². The molecule has 1 aliphatic rings. The minimum absolute atomic E-state index is 0.120. The molecule has 226 valence electrons. The standard InChI is InChI=1S/C28H33FN3O9P/c1-16(2)39-27(35)18(4)31-42(37,41-22-10-8-19(9-11-22)20-6-5-7-21(29)14-20)38-15-23-25(34)17(3)26(40-23)32-13-12-24(33)30-28(32)36/h5-14,16-18,23,25-26,34H,15H2,1-4H3,(H,31,37)(H,30,33,36)/t17-,18-,23+,25-,26+,42?/m0/s1. The van der Waals surface area contributed by atoms with Crippen LogP contribution in [0.5, 0.6) is 5.75 Å². The molecule has 14 heteroatoms. The molecule has 0 amide bonds. The van der Waals surface area contributed by atoms with Crippen molar-refractivity contribution < 1.29 is 37.4 Å². The van der Waals surface area contributed by atoms with Gasteiger partial charge < -0.3 is 19.1 Å². The summed E-state index contributed by atoms with van der Waals surface area (Å²) in [4.78, 5) is 38.3. The Balaban J connectivity index is 1.52. The zero-order valence-corrected chi connectivity index (χ0v) is 24.3. The fourth-order valence-corrected chi connectivity index (χ4v) is 5.88. The fourth-order valence-electron chi connectivity index (χ4n) is 4.38. The highest BCUT2D eigenvalue weighted by Gasteiger charge is 2.44. The van der Waals surface area contributed by atoms with Crippen LogP contribution < -0.4 is 20.9 Å². The minimum atomic E-state index is -4.31. The maximum absolute atomic E-state index is 13.9. The SMILES string of the molecule is CC(C)OC(=O)[C@H](C)NP(=O)(OC[C@H]1O[C@@H](n2ccc(=O)[nH]c2=O)[C@@H](C)[C@@H]1O)Oc1ccc(-c2cccc(F)c2)cc1. The van der Waals surface area contributed by atoms with E-state index in [4.69, 9.17) is 18.5 Å². The normalized spacial score (nSPS) is 22.5. The second-order valence-corrected chi connectivity index (χ2v) is 11.9. The molecule has 0 radical (unpaired) electrons. The predicted molar refractivity (Wildman–Crippen MR) is 150 cm³/mol. The summed E-state index contributed by atoms with van der Waals surface area (Å²) < 4.78 is 51.1. The first kappa shape index (κ1) is 31.3. The average Bonchev–Trinajstić information content (AvgIpc) is 3.20. The van der Waals surface area contributed by atoms with Crippen molar-refractivity contribution in [1.82, 2.24) is 14.6 Å². The molecular weight excluding hydrogens is 572 g/mol. The van der Waals surface area contributed by atoms with E-state index in [-0.39, 0.29) is 5.75 Å². The third-order valence-corrected chi connectivity index (χ3v) is 8.16. The molecule has 42 heavy (non-hydrogen) atoms. The predicted octanol–water partition coefficient (Wildman–Crippen LogP) is 3.37. The summed E-state index contributed by atoms with van der Waals surface area (Å²) >= 11 is 0. The minimum Gasteiger partial charge on any atom is -0.462 e. The van der Waals surface area contributed by atoms with Gasteiger partial charge in [-0.05, 0) is 56.2 Å². The number of aliphatic hydroxyl groups excluding tert-OH is 1. The van der Waals surface area contributed by atoms with E-state index in [0.717, 1.165) is 10.6 Å². The number of nitrogens with one attached hydrogen (secondary N) is 2. The molecule has 1 fully saturated rings. The number of hydrogen-bond donors (Lipinski definition) is 3. The zero-order valence-electron chi connectivity index (χ0n) is 23.4. The van der Waals surface area contributed by atoms with Crippen LogP contribution >= 0.6 is 7.75 Å². The van der Waals surface area contributed by atoms with Crippen LogP contribution in [0.2, 0.25) is 0 Å². The molecule has 0 saturated carbocycles. The molecule has 1 unspecified atom stereocenters.